The molecule has 0 spiro atoms. The van der Waals surface area contributed by atoms with E-state index in [1.54, 1.807) is 12.6 Å². The highest BCUT2D eigenvalue weighted by Gasteiger charge is 2.32. The number of nitrogens with zero attached hydrogens (tertiary/aromatic N) is 3. The molecule has 2 amide bonds. The van der Waals surface area contributed by atoms with E-state index in [1.807, 2.05) is 12.1 Å². The van der Waals surface area contributed by atoms with Gasteiger partial charge in [-0.2, -0.15) is 0 Å². The molecule has 132 valence electrons. The maximum atomic E-state index is 11.9. The summed E-state index contributed by atoms with van der Waals surface area (Å²) in [5, 5.41) is 5.81. The molecule has 7 heteroatoms. The largest absolute Gasteiger partial charge is 0.467 e. The molecule has 0 radical (unpaired) electrons. The first-order chi connectivity index (χ1) is 12.3. The van der Waals surface area contributed by atoms with Crippen LogP contribution in [0, 0.1) is 0 Å². The van der Waals surface area contributed by atoms with Gasteiger partial charge in [-0.05, 0) is 37.8 Å². The van der Waals surface area contributed by atoms with Crippen molar-refractivity contribution in [1.82, 2.24) is 20.6 Å². The first kappa shape index (κ1) is 15.9. The van der Waals surface area contributed by atoms with E-state index in [0.717, 1.165) is 43.2 Å². The van der Waals surface area contributed by atoms with E-state index >= 15 is 0 Å². The Balaban J connectivity index is 1.24. The lowest BCUT2D eigenvalue weighted by molar-refractivity contribution is 0.220. The molecule has 0 bridgehead atoms. The van der Waals surface area contributed by atoms with Gasteiger partial charge in [0.25, 0.3) is 0 Å². The molecular formula is C18H23N5O2. The van der Waals surface area contributed by atoms with Crippen LogP contribution >= 0.6 is 0 Å². The first-order valence-corrected chi connectivity index (χ1v) is 8.91. The minimum atomic E-state index is -0.153. The zero-order valence-electron chi connectivity index (χ0n) is 14.1. The topological polar surface area (TPSA) is 83.3 Å². The summed E-state index contributed by atoms with van der Waals surface area (Å²) in [5.41, 5.74) is 1.09. The third-order valence-corrected chi connectivity index (χ3v) is 5.00. The van der Waals surface area contributed by atoms with Crippen LogP contribution in [0.1, 0.15) is 43.1 Å². The minimum Gasteiger partial charge on any atom is -0.467 e. The number of hydrogen-bond donors (Lipinski definition) is 2. The van der Waals surface area contributed by atoms with Gasteiger partial charge in [-0.3, -0.25) is 0 Å². The van der Waals surface area contributed by atoms with Crippen molar-refractivity contribution in [2.75, 3.05) is 18.0 Å². The molecule has 1 saturated carbocycles. The van der Waals surface area contributed by atoms with Crippen LogP contribution in [0.4, 0.5) is 10.6 Å². The van der Waals surface area contributed by atoms with Crippen LogP contribution in [-0.4, -0.2) is 35.1 Å². The fourth-order valence-electron chi connectivity index (χ4n) is 3.50. The highest BCUT2D eigenvalue weighted by atomic mass is 16.3. The van der Waals surface area contributed by atoms with Crippen LogP contribution < -0.4 is 15.5 Å². The smallest absolute Gasteiger partial charge is 0.315 e. The highest BCUT2D eigenvalue weighted by Crippen LogP contribution is 2.36. The third kappa shape index (κ3) is 3.75. The van der Waals surface area contributed by atoms with Gasteiger partial charge in [0.1, 0.15) is 17.9 Å². The van der Waals surface area contributed by atoms with E-state index < -0.39 is 0 Å². The molecule has 7 nitrogen and oxygen atoms in total. The molecule has 2 fully saturated rings. The lowest BCUT2D eigenvalue weighted by Gasteiger charge is -2.35. The van der Waals surface area contributed by atoms with Gasteiger partial charge in [-0.25, -0.2) is 14.8 Å². The molecule has 0 atom stereocenters. The molecule has 1 saturated heterocycles. The van der Waals surface area contributed by atoms with Gasteiger partial charge in [-0.1, -0.05) is 0 Å². The molecular weight excluding hydrogens is 318 g/mol. The van der Waals surface area contributed by atoms with E-state index in [2.05, 4.69) is 31.6 Å². The predicted octanol–water partition coefficient (Wildman–Crippen LogP) is 2.42. The molecule has 0 aromatic carbocycles. The lowest BCUT2D eigenvalue weighted by Crippen LogP contribution is -2.47. The Morgan fingerprint density at radius 1 is 1.28 bits per heavy atom. The average molecular weight is 341 g/mol. The Morgan fingerprint density at radius 2 is 2.12 bits per heavy atom. The number of rotatable bonds is 5. The fourth-order valence-corrected chi connectivity index (χ4v) is 3.50. The second kappa shape index (κ2) is 7.13. The number of carbonyl (C=O) groups is 1. The fraction of sp³-hybridized carbons (Fsp3) is 0.500. The standard InChI is InChI=1S/C18H23N5O2/c24-18(19-11-15-4-3-7-25-15)22-14-8-13(9-14)16-10-17(21-12-20-16)23-5-1-2-6-23/h3-4,7,10,12-14H,1-2,5-6,8-9,11H2,(H2,19,22,24). The van der Waals surface area contributed by atoms with Crippen molar-refractivity contribution in [3.8, 4) is 0 Å². The molecule has 3 heterocycles. The molecule has 2 N–H and O–H groups in total. The molecule has 2 aromatic rings. The van der Waals surface area contributed by atoms with Crippen LogP contribution in [0.2, 0.25) is 0 Å². The van der Waals surface area contributed by atoms with Crippen molar-refractivity contribution in [3.05, 3.63) is 42.2 Å². The van der Waals surface area contributed by atoms with Gasteiger partial charge in [0.05, 0.1) is 12.8 Å². The Bertz CT molecular complexity index is 706. The van der Waals surface area contributed by atoms with Crippen LogP contribution in [0.3, 0.4) is 0 Å². The minimum absolute atomic E-state index is 0.153. The number of hydrogen-bond acceptors (Lipinski definition) is 5. The van der Waals surface area contributed by atoms with Gasteiger partial charge in [-0.15, -0.1) is 0 Å². The summed E-state index contributed by atoms with van der Waals surface area (Å²) >= 11 is 0. The zero-order valence-corrected chi connectivity index (χ0v) is 14.1. The maximum absolute atomic E-state index is 11.9. The summed E-state index contributed by atoms with van der Waals surface area (Å²) in [6.45, 7) is 2.57. The number of furan rings is 1. The van der Waals surface area contributed by atoms with Gasteiger partial charge in [0.15, 0.2) is 0 Å². The monoisotopic (exact) mass is 341 g/mol. The summed E-state index contributed by atoms with van der Waals surface area (Å²) in [6, 6.07) is 5.81. The average Bonchev–Trinajstić information content (AvgIpc) is 3.29. The molecule has 1 aliphatic carbocycles. The molecule has 0 unspecified atom stereocenters. The van der Waals surface area contributed by atoms with Crippen molar-refractivity contribution in [2.24, 2.45) is 0 Å². The number of urea groups is 1. The molecule has 25 heavy (non-hydrogen) atoms. The van der Waals surface area contributed by atoms with Gasteiger partial charge < -0.3 is 20.0 Å². The second-order valence-corrected chi connectivity index (χ2v) is 6.77. The van der Waals surface area contributed by atoms with Crippen molar-refractivity contribution < 1.29 is 9.21 Å². The predicted molar refractivity (Wildman–Crippen MR) is 93.3 cm³/mol. The summed E-state index contributed by atoms with van der Waals surface area (Å²) in [7, 11) is 0. The van der Waals surface area contributed by atoms with Gasteiger partial charge in [0.2, 0.25) is 0 Å². The van der Waals surface area contributed by atoms with Crippen LogP contribution in [0.25, 0.3) is 0 Å². The number of anilines is 1. The maximum Gasteiger partial charge on any atom is 0.315 e. The second-order valence-electron chi connectivity index (χ2n) is 6.77. The summed E-state index contributed by atoms with van der Waals surface area (Å²) < 4.78 is 5.20. The summed E-state index contributed by atoms with van der Waals surface area (Å²) in [5.74, 6) is 2.19. The first-order valence-electron chi connectivity index (χ1n) is 8.91. The normalized spacial score (nSPS) is 22.5. The van der Waals surface area contributed by atoms with Crippen molar-refractivity contribution in [1.29, 1.82) is 0 Å². The number of carbonyl (C=O) groups excluding carboxylic acids is 1. The SMILES string of the molecule is O=C(NCc1ccco1)NC1CC(c2cc(N3CCCC3)ncn2)C1. The van der Waals surface area contributed by atoms with Crippen LogP contribution in [0.5, 0.6) is 0 Å². The Hall–Kier alpha value is -2.57. The zero-order chi connectivity index (χ0) is 17.1. The van der Waals surface area contributed by atoms with Crippen molar-refractivity contribution >= 4 is 11.8 Å². The Labute approximate surface area is 146 Å². The van der Waals surface area contributed by atoms with E-state index in [0.29, 0.717) is 12.5 Å². The van der Waals surface area contributed by atoms with Crippen molar-refractivity contribution in [2.45, 2.75) is 44.2 Å². The van der Waals surface area contributed by atoms with E-state index in [9.17, 15) is 4.79 Å². The number of aromatic nitrogens is 2. The number of amides is 2. The molecule has 1 aliphatic heterocycles. The quantitative estimate of drug-likeness (QED) is 0.872. The third-order valence-electron chi connectivity index (χ3n) is 5.00. The highest BCUT2D eigenvalue weighted by molar-refractivity contribution is 5.74. The Kier molecular flexibility index (Phi) is 4.54. The molecule has 4 rings (SSSR count). The summed E-state index contributed by atoms with van der Waals surface area (Å²) in [4.78, 5) is 23.1. The van der Waals surface area contributed by atoms with Gasteiger partial charge in [0, 0.05) is 36.8 Å². The van der Waals surface area contributed by atoms with E-state index in [-0.39, 0.29) is 12.1 Å². The van der Waals surface area contributed by atoms with Crippen molar-refractivity contribution in [3.63, 3.8) is 0 Å². The summed E-state index contributed by atoms with van der Waals surface area (Å²) in [6.07, 6.45) is 7.59. The van der Waals surface area contributed by atoms with E-state index in [4.69, 9.17) is 4.42 Å². The van der Waals surface area contributed by atoms with E-state index in [1.165, 1.54) is 12.8 Å². The lowest BCUT2D eigenvalue weighted by atomic mass is 9.78. The molecule has 2 aromatic heterocycles. The molecule has 2 aliphatic rings. The van der Waals surface area contributed by atoms with Gasteiger partial charge >= 0.3 is 6.03 Å². The Morgan fingerprint density at radius 3 is 2.88 bits per heavy atom. The van der Waals surface area contributed by atoms with Crippen LogP contribution in [0.15, 0.2) is 35.2 Å². The number of nitrogens with one attached hydrogen (secondary N) is 2. The van der Waals surface area contributed by atoms with Crippen LogP contribution in [-0.2, 0) is 6.54 Å².